The summed E-state index contributed by atoms with van der Waals surface area (Å²) >= 11 is 1.35. The molecule has 1 fully saturated rings. The lowest BCUT2D eigenvalue weighted by atomic mass is 10.0. The average molecular weight is 504 g/mol. The second-order valence-electron chi connectivity index (χ2n) is 8.95. The fourth-order valence-corrected chi connectivity index (χ4v) is 5.65. The average Bonchev–Trinajstić information content (AvgIpc) is 3.54. The number of hydrogen-bond acceptors (Lipinski definition) is 9. The van der Waals surface area contributed by atoms with Gasteiger partial charge < -0.3 is 15.2 Å². The zero-order chi connectivity index (χ0) is 24.8. The van der Waals surface area contributed by atoms with Gasteiger partial charge >= 0.3 is 0 Å². The molecule has 2 aromatic carbocycles. The number of benzene rings is 2. The summed E-state index contributed by atoms with van der Waals surface area (Å²) in [6.07, 6.45) is 2.22. The monoisotopic (exact) mass is 503 g/mol. The van der Waals surface area contributed by atoms with Crippen LogP contribution in [-0.4, -0.2) is 48.5 Å². The van der Waals surface area contributed by atoms with Crippen molar-refractivity contribution in [3.63, 3.8) is 0 Å². The van der Waals surface area contributed by atoms with Crippen molar-refractivity contribution < 1.29 is 9.84 Å². The molecular formula is C25H25N7O3S. The normalized spacial score (nSPS) is 13.6. The van der Waals surface area contributed by atoms with Crippen molar-refractivity contribution in [3.8, 4) is 22.9 Å². The molecule has 11 heteroatoms. The highest BCUT2D eigenvalue weighted by atomic mass is 32.1. The van der Waals surface area contributed by atoms with E-state index in [9.17, 15) is 9.90 Å². The summed E-state index contributed by atoms with van der Waals surface area (Å²) in [6, 6.07) is 11.2. The van der Waals surface area contributed by atoms with E-state index in [1.807, 2.05) is 18.2 Å². The predicted octanol–water partition coefficient (Wildman–Crippen LogP) is 3.18. The molecule has 0 atom stereocenters. The van der Waals surface area contributed by atoms with Gasteiger partial charge in [-0.1, -0.05) is 12.1 Å². The number of fused-ring (bicyclic) bond motifs is 3. The number of methoxy groups -OCH3 is 1. The molecule has 0 unspecified atom stereocenters. The van der Waals surface area contributed by atoms with Crippen LogP contribution in [0.3, 0.4) is 0 Å². The molecule has 0 spiro atoms. The number of nitrogens with one attached hydrogen (secondary N) is 1. The number of aromatic hydroxyl groups is 1. The van der Waals surface area contributed by atoms with Crippen LogP contribution >= 0.6 is 11.3 Å². The maximum atomic E-state index is 14.0. The Hall–Kier alpha value is -3.83. The van der Waals surface area contributed by atoms with Crippen molar-refractivity contribution in [2.24, 2.45) is 7.05 Å². The predicted molar refractivity (Wildman–Crippen MR) is 138 cm³/mol. The van der Waals surface area contributed by atoms with Crippen molar-refractivity contribution >= 4 is 31.6 Å². The van der Waals surface area contributed by atoms with E-state index in [1.54, 1.807) is 35.5 Å². The molecule has 1 aliphatic rings. The van der Waals surface area contributed by atoms with Crippen molar-refractivity contribution in [1.29, 1.82) is 0 Å². The van der Waals surface area contributed by atoms with E-state index >= 15 is 0 Å². The van der Waals surface area contributed by atoms with E-state index in [0.29, 0.717) is 52.1 Å². The zero-order valence-corrected chi connectivity index (χ0v) is 20.7. The number of rotatable bonds is 8. The van der Waals surface area contributed by atoms with E-state index < -0.39 is 0 Å². The van der Waals surface area contributed by atoms with Gasteiger partial charge in [-0.05, 0) is 59.0 Å². The molecule has 10 nitrogen and oxygen atoms in total. The van der Waals surface area contributed by atoms with Gasteiger partial charge in [0.2, 0.25) is 0 Å². The van der Waals surface area contributed by atoms with Crippen LogP contribution in [0.25, 0.3) is 31.7 Å². The Labute approximate surface area is 210 Å². The molecule has 1 aliphatic carbocycles. The number of aryl methyl sites for hydroxylation is 1. The number of ether oxygens (including phenoxy) is 1. The summed E-state index contributed by atoms with van der Waals surface area (Å²) in [7, 11) is 3.45. The molecule has 3 heterocycles. The molecule has 3 aromatic heterocycles. The van der Waals surface area contributed by atoms with E-state index in [1.165, 1.54) is 11.3 Å². The van der Waals surface area contributed by atoms with Crippen molar-refractivity contribution in [2.75, 3.05) is 13.7 Å². The highest BCUT2D eigenvalue weighted by molar-refractivity contribution is 7.25. The minimum absolute atomic E-state index is 0.119. The van der Waals surface area contributed by atoms with E-state index in [0.717, 1.165) is 35.1 Å². The lowest BCUT2D eigenvalue weighted by Crippen LogP contribution is -2.29. The van der Waals surface area contributed by atoms with E-state index in [2.05, 4.69) is 26.9 Å². The van der Waals surface area contributed by atoms with Gasteiger partial charge in [-0.3, -0.25) is 9.36 Å². The molecule has 2 N–H and O–H groups in total. The van der Waals surface area contributed by atoms with Gasteiger partial charge in [-0.15, -0.1) is 16.4 Å². The quantitative estimate of drug-likeness (QED) is 0.310. The summed E-state index contributed by atoms with van der Waals surface area (Å²) in [4.78, 5) is 19.6. The second kappa shape index (κ2) is 8.99. The Morgan fingerprint density at radius 3 is 2.86 bits per heavy atom. The van der Waals surface area contributed by atoms with Gasteiger partial charge in [-0.2, -0.15) is 0 Å². The third-order valence-electron chi connectivity index (χ3n) is 6.62. The lowest BCUT2D eigenvalue weighted by molar-refractivity contribution is 0.414. The highest BCUT2D eigenvalue weighted by Crippen LogP contribution is 2.46. The van der Waals surface area contributed by atoms with Gasteiger partial charge in [0.05, 0.1) is 23.7 Å². The number of thiophene rings is 1. The zero-order valence-electron chi connectivity index (χ0n) is 19.9. The summed E-state index contributed by atoms with van der Waals surface area (Å²) in [5.74, 6) is 2.72. The van der Waals surface area contributed by atoms with Gasteiger partial charge in [0.15, 0.2) is 5.82 Å². The first kappa shape index (κ1) is 22.6. The number of phenolic OH excluding ortho intramolecular Hbond substituents is 1. The largest absolute Gasteiger partial charge is 0.506 e. The van der Waals surface area contributed by atoms with Crippen LogP contribution in [0.2, 0.25) is 0 Å². The summed E-state index contributed by atoms with van der Waals surface area (Å²) in [5, 5.41) is 26.5. The van der Waals surface area contributed by atoms with Crippen LogP contribution in [0, 0.1) is 0 Å². The highest BCUT2D eigenvalue weighted by Gasteiger charge is 2.29. The maximum Gasteiger partial charge on any atom is 0.263 e. The van der Waals surface area contributed by atoms with E-state index in [4.69, 9.17) is 9.72 Å². The van der Waals surface area contributed by atoms with Gasteiger partial charge in [-0.25, -0.2) is 9.67 Å². The van der Waals surface area contributed by atoms with Crippen LogP contribution in [0.15, 0.2) is 41.2 Å². The summed E-state index contributed by atoms with van der Waals surface area (Å²) < 4.78 is 9.51. The fourth-order valence-electron chi connectivity index (χ4n) is 4.57. The van der Waals surface area contributed by atoms with Crippen LogP contribution in [0.4, 0.5) is 0 Å². The summed E-state index contributed by atoms with van der Waals surface area (Å²) in [6.45, 7) is 1.41. The maximum absolute atomic E-state index is 14.0. The lowest BCUT2D eigenvalue weighted by Gasteiger charge is -2.16. The van der Waals surface area contributed by atoms with Crippen LogP contribution < -0.4 is 15.6 Å². The van der Waals surface area contributed by atoms with Crippen molar-refractivity contribution in [3.05, 3.63) is 58.1 Å². The number of nitrogens with zero attached hydrogens (tertiary/aromatic N) is 6. The third-order valence-corrected chi connectivity index (χ3v) is 7.74. The van der Waals surface area contributed by atoms with Gasteiger partial charge in [0.1, 0.15) is 22.2 Å². The first-order valence-corrected chi connectivity index (χ1v) is 12.6. The molecule has 36 heavy (non-hydrogen) atoms. The molecule has 0 saturated heterocycles. The molecule has 0 radical (unpaired) electrons. The van der Waals surface area contributed by atoms with Crippen LogP contribution in [0.5, 0.6) is 11.5 Å². The molecule has 184 valence electrons. The second-order valence-corrected chi connectivity index (χ2v) is 9.95. The molecule has 5 aromatic rings. The van der Waals surface area contributed by atoms with Crippen molar-refractivity contribution in [2.45, 2.75) is 31.8 Å². The molecule has 6 rings (SSSR count). The first-order valence-electron chi connectivity index (χ1n) is 11.8. The van der Waals surface area contributed by atoms with Crippen molar-refractivity contribution in [1.82, 2.24) is 35.1 Å². The summed E-state index contributed by atoms with van der Waals surface area (Å²) in [5.41, 5.74) is 1.97. The minimum Gasteiger partial charge on any atom is -0.506 e. The smallest absolute Gasteiger partial charge is 0.263 e. The SMILES string of the molecule is COc1ccc(-c2nc3sc4c(O)cccc4c3c(=O)n2CCNCc2nnnn2C)c(C2CC2)c1. The van der Waals surface area contributed by atoms with E-state index in [-0.39, 0.29) is 11.3 Å². The van der Waals surface area contributed by atoms with Crippen LogP contribution in [0.1, 0.15) is 30.1 Å². The molecule has 1 saturated carbocycles. The van der Waals surface area contributed by atoms with Gasteiger partial charge in [0, 0.05) is 31.1 Å². The Balaban J connectivity index is 1.47. The topological polar surface area (TPSA) is 120 Å². The number of tetrazole rings is 1. The first-order chi connectivity index (χ1) is 17.5. The standard InChI is InChI=1S/C25H25N7O3S/c1-31-20(28-29-30-31)13-26-10-11-32-23(16-9-8-15(35-2)12-18(16)14-6-7-14)27-24-21(25(32)34)17-4-3-5-19(33)22(17)36-24/h3-5,8-9,12,14,26,33H,6-7,10-11,13H2,1-2H3. The Bertz CT molecular complexity index is 1650. The fraction of sp³-hybridized carbons (Fsp3) is 0.320. The number of aromatic nitrogens is 6. The van der Waals surface area contributed by atoms with Gasteiger partial charge in [0.25, 0.3) is 5.56 Å². The third kappa shape index (κ3) is 3.90. The Kier molecular flexibility index (Phi) is 5.65. The Morgan fingerprint density at radius 1 is 1.25 bits per heavy atom. The van der Waals surface area contributed by atoms with Crippen LogP contribution in [-0.2, 0) is 20.1 Å². The Morgan fingerprint density at radius 2 is 2.11 bits per heavy atom. The molecule has 0 aliphatic heterocycles. The number of phenols is 1. The molecule has 0 amide bonds. The minimum atomic E-state index is -0.119. The molecule has 0 bridgehead atoms. The number of hydrogen-bond donors (Lipinski definition) is 2. The molecular weight excluding hydrogens is 478 g/mol.